The van der Waals surface area contributed by atoms with Crippen molar-refractivity contribution in [2.45, 2.75) is 6.92 Å². The van der Waals surface area contributed by atoms with Gasteiger partial charge in [-0.15, -0.1) is 0 Å². The third-order valence-electron chi connectivity index (χ3n) is 3.78. The first-order valence-electron chi connectivity index (χ1n) is 8.14. The Balaban J connectivity index is 2.14. The van der Waals surface area contributed by atoms with Gasteiger partial charge in [0.2, 0.25) is 0 Å². The van der Waals surface area contributed by atoms with Gasteiger partial charge >= 0.3 is 5.97 Å². The first-order chi connectivity index (χ1) is 12.6. The van der Waals surface area contributed by atoms with Crippen molar-refractivity contribution < 1.29 is 14.3 Å². The first-order valence-corrected chi connectivity index (χ1v) is 8.14. The van der Waals surface area contributed by atoms with Crippen molar-refractivity contribution in [3.63, 3.8) is 0 Å². The first kappa shape index (κ1) is 17.4. The van der Waals surface area contributed by atoms with Crippen molar-refractivity contribution in [1.29, 1.82) is 0 Å². The molecular formula is C20H18N2O4. The molecule has 0 aliphatic heterocycles. The molecule has 6 heteroatoms. The lowest BCUT2D eigenvalue weighted by Crippen LogP contribution is -2.19. The summed E-state index contributed by atoms with van der Waals surface area (Å²) in [5, 5.41) is 0. The Kier molecular flexibility index (Phi) is 5.12. The molecule has 2 aromatic carbocycles. The van der Waals surface area contributed by atoms with Crippen molar-refractivity contribution in [1.82, 2.24) is 9.97 Å². The lowest BCUT2D eigenvalue weighted by molar-refractivity contribution is -0.136. The van der Waals surface area contributed by atoms with Crippen LogP contribution in [0, 0.1) is 0 Å². The number of para-hydroxylation sites is 2. The van der Waals surface area contributed by atoms with Crippen molar-refractivity contribution in [3.8, 4) is 5.75 Å². The van der Waals surface area contributed by atoms with E-state index < -0.39 is 11.5 Å². The number of hydrogen-bond acceptors (Lipinski definition) is 5. The largest absolute Gasteiger partial charge is 0.497 e. The SMILES string of the molecule is CCOC(=O)/C(=C/c1ccc(OC)cc1)c1nc2ccccc2[nH]c1=O. The van der Waals surface area contributed by atoms with E-state index in [9.17, 15) is 9.59 Å². The molecule has 0 aliphatic rings. The van der Waals surface area contributed by atoms with Crippen LogP contribution in [0.2, 0.25) is 0 Å². The van der Waals surface area contributed by atoms with Crippen LogP contribution in [0.4, 0.5) is 0 Å². The quantitative estimate of drug-likeness (QED) is 0.565. The van der Waals surface area contributed by atoms with Gasteiger partial charge in [-0.1, -0.05) is 24.3 Å². The second-order valence-corrected chi connectivity index (χ2v) is 5.48. The van der Waals surface area contributed by atoms with Crippen LogP contribution in [0.25, 0.3) is 22.7 Å². The van der Waals surface area contributed by atoms with E-state index in [2.05, 4.69) is 9.97 Å². The fraction of sp³-hybridized carbons (Fsp3) is 0.150. The summed E-state index contributed by atoms with van der Waals surface area (Å²) in [5.74, 6) is 0.0955. The highest BCUT2D eigenvalue weighted by Crippen LogP contribution is 2.19. The molecule has 26 heavy (non-hydrogen) atoms. The average molecular weight is 350 g/mol. The average Bonchev–Trinajstić information content (AvgIpc) is 2.66. The Morgan fingerprint density at radius 3 is 2.58 bits per heavy atom. The van der Waals surface area contributed by atoms with Crippen LogP contribution in [0.15, 0.2) is 53.3 Å². The summed E-state index contributed by atoms with van der Waals surface area (Å²) < 4.78 is 10.3. The fourth-order valence-corrected chi connectivity index (χ4v) is 2.51. The maximum Gasteiger partial charge on any atom is 0.340 e. The molecule has 0 amide bonds. The van der Waals surface area contributed by atoms with Crippen LogP contribution < -0.4 is 10.3 Å². The topological polar surface area (TPSA) is 81.3 Å². The second kappa shape index (κ2) is 7.65. The van der Waals surface area contributed by atoms with Crippen molar-refractivity contribution in [3.05, 3.63) is 70.1 Å². The van der Waals surface area contributed by atoms with E-state index >= 15 is 0 Å². The van der Waals surface area contributed by atoms with E-state index in [0.29, 0.717) is 16.8 Å². The van der Waals surface area contributed by atoms with Crippen molar-refractivity contribution >= 4 is 28.7 Å². The number of rotatable bonds is 5. The van der Waals surface area contributed by atoms with E-state index in [4.69, 9.17) is 9.47 Å². The monoisotopic (exact) mass is 350 g/mol. The minimum atomic E-state index is -0.600. The maximum atomic E-state index is 12.5. The van der Waals surface area contributed by atoms with Gasteiger partial charge < -0.3 is 14.5 Å². The number of carbonyl (C=O) groups excluding carboxylic acids is 1. The highest BCUT2D eigenvalue weighted by Gasteiger charge is 2.19. The number of benzene rings is 2. The van der Waals surface area contributed by atoms with Gasteiger partial charge in [0.25, 0.3) is 5.56 Å². The molecule has 6 nitrogen and oxygen atoms in total. The van der Waals surface area contributed by atoms with E-state index in [1.54, 1.807) is 62.6 Å². The normalized spacial score (nSPS) is 11.4. The Morgan fingerprint density at radius 1 is 1.15 bits per heavy atom. The van der Waals surface area contributed by atoms with Crippen LogP contribution in [0.5, 0.6) is 5.75 Å². The zero-order valence-electron chi connectivity index (χ0n) is 14.5. The standard InChI is InChI=1S/C20H18N2O4/c1-3-26-20(24)15(12-13-8-10-14(25-2)11-9-13)18-19(23)22-17-7-5-4-6-16(17)21-18/h4-12H,3H2,1-2H3,(H,22,23)/b15-12+. The van der Waals surface area contributed by atoms with Crippen LogP contribution in [0.3, 0.4) is 0 Å². The predicted octanol–water partition coefficient (Wildman–Crippen LogP) is 3.04. The Hall–Kier alpha value is -3.41. The summed E-state index contributed by atoms with van der Waals surface area (Å²) >= 11 is 0. The fourth-order valence-electron chi connectivity index (χ4n) is 2.51. The van der Waals surface area contributed by atoms with E-state index in [1.807, 2.05) is 6.07 Å². The number of hydrogen-bond donors (Lipinski definition) is 1. The molecule has 0 unspecified atom stereocenters. The molecule has 0 radical (unpaired) electrons. The number of carbonyl (C=O) groups is 1. The zero-order chi connectivity index (χ0) is 18.5. The predicted molar refractivity (Wildman–Crippen MR) is 99.9 cm³/mol. The number of ether oxygens (including phenoxy) is 2. The highest BCUT2D eigenvalue weighted by molar-refractivity contribution is 6.21. The number of esters is 1. The number of H-pyrrole nitrogens is 1. The molecule has 1 heterocycles. The molecule has 0 bridgehead atoms. The van der Waals surface area contributed by atoms with Crippen molar-refractivity contribution in [2.75, 3.05) is 13.7 Å². The lowest BCUT2D eigenvalue weighted by Gasteiger charge is -2.08. The van der Waals surface area contributed by atoms with Gasteiger partial charge in [-0.25, -0.2) is 9.78 Å². The highest BCUT2D eigenvalue weighted by atomic mass is 16.5. The molecule has 132 valence electrons. The number of methoxy groups -OCH3 is 1. The molecule has 0 saturated heterocycles. The second-order valence-electron chi connectivity index (χ2n) is 5.48. The van der Waals surface area contributed by atoms with E-state index in [0.717, 1.165) is 5.56 Å². The Morgan fingerprint density at radius 2 is 1.88 bits per heavy atom. The van der Waals surface area contributed by atoms with Gasteiger partial charge in [-0.2, -0.15) is 0 Å². The van der Waals surface area contributed by atoms with Gasteiger partial charge in [0.15, 0.2) is 0 Å². The molecule has 3 rings (SSSR count). The molecule has 0 saturated carbocycles. The third-order valence-corrected chi connectivity index (χ3v) is 3.78. The molecule has 0 spiro atoms. The van der Waals surface area contributed by atoms with E-state index in [1.165, 1.54) is 0 Å². The van der Waals surface area contributed by atoms with Gasteiger partial charge in [0.05, 0.1) is 30.3 Å². The van der Waals surface area contributed by atoms with Crippen molar-refractivity contribution in [2.24, 2.45) is 0 Å². The summed E-state index contributed by atoms with van der Waals surface area (Å²) in [6.07, 6.45) is 1.59. The van der Waals surface area contributed by atoms with Crippen LogP contribution in [-0.4, -0.2) is 29.7 Å². The number of nitrogens with zero attached hydrogens (tertiary/aromatic N) is 1. The molecule has 0 aliphatic carbocycles. The number of aromatic nitrogens is 2. The minimum Gasteiger partial charge on any atom is -0.497 e. The molecule has 0 fully saturated rings. The van der Waals surface area contributed by atoms with Crippen LogP contribution in [0.1, 0.15) is 18.2 Å². The van der Waals surface area contributed by atoms with Gasteiger partial charge in [0.1, 0.15) is 11.4 Å². The lowest BCUT2D eigenvalue weighted by atomic mass is 10.1. The Labute approximate surface area is 150 Å². The van der Waals surface area contributed by atoms with Gasteiger partial charge in [-0.05, 0) is 42.8 Å². The summed E-state index contributed by atoms with van der Waals surface area (Å²) in [6.45, 7) is 1.91. The molecule has 3 aromatic rings. The molecule has 1 aromatic heterocycles. The molecular weight excluding hydrogens is 332 g/mol. The smallest absolute Gasteiger partial charge is 0.340 e. The van der Waals surface area contributed by atoms with Gasteiger partial charge in [0, 0.05) is 0 Å². The summed E-state index contributed by atoms with van der Waals surface area (Å²) in [5.41, 5.74) is 1.60. The molecule has 0 atom stereocenters. The van der Waals surface area contributed by atoms with Gasteiger partial charge in [-0.3, -0.25) is 4.79 Å². The number of aromatic amines is 1. The summed E-state index contributed by atoms with van der Waals surface area (Å²) in [4.78, 5) is 32.1. The van der Waals surface area contributed by atoms with Crippen LogP contribution >= 0.6 is 0 Å². The Bertz CT molecular complexity index is 1020. The molecule has 1 N–H and O–H groups in total. The zero-order valence-corrected chi connectivity index (χ0v) is 14.5. The summed E-state index contributed by atoms with van der Waals surface area (Å²) in [6, 6.07) is 14.3. The maximum absolute atomic E-state index is 12.5. The van der Waals surface area contributed by atoms with E-state index in [-0.39, 0.29) is 17.9 Å². The third kappa shape index (κ3) is 3.64. The van der Waals surface area contributed by atoms with Crippen LogP contribution in [-0.2, 0) is 9.53 Å². The summed E-state index contributed by atoms with van der Waals surface area (Å²) in [7, 11) is 1.58. The minimum absolute atomic E-state index is 0.0259. The number of nitrogens with one attached hydrogen (secondary N) is 1. The number of fused-ring (bicyclic) bond motifs is 1.